The molecule has 24 heavy (non-hydrogen) atoms. The predicted molar refractivity (Wildman–Crippen MR) is 90.7 cm³/mol. The number of nitrogens with one attached hydrogen (secondary N) is 1. The Bertz CT molecular complexity index is 938. The molecule has 0 saturated carbocycles. The van der Waals surface area contributed by atoms with E-state index in [0.29, 0.717) is 11.4 Å². The standard InChI is InChI=1S/C15H16N6O2S/c1-20(2)15-9-4-3-8-14(15)17-24(22,23)13-7-5-6-12(10-13)21-11-16-18-19-21/h3-11,17H,1-2H3. The smallest absolute Gasteiger partial charge is 0.262 e. The topological polar surface area (TPSA) is 93.0 Å². The zero-order valence-electron chi connectivity index (χ0n) is 13.2. The molecule has 1 aromatic heterocycles. The number of aromatic nitrogens is 4. The Balaban J connectivity index is 1.96. The lowest BCUT2D eigenvalue weighted by Gasteiger charge is -2.18. The molecule has 0 aliphatic heterocycles. The minimum absolute atomic E-state index is 0.129. The lowest BCUT2D eigenvalue weighted by molar-refractivity contribution is 0.601. The molecule has 0 aliphatic rings. The maximum absolute atomic E-state index is 12.7. The first-order valence-corrected chi connectivity index (χ1v) is 8.58. The van der Waals surface area contributed by atoms with Gasteiger partial charge in [0, 0.05) is 14.1 Å². The Kier molecular flexibility index (Phi) is 4.17. The van der Waals surface area contributed by atoms with Crippen molar-refractivity contribution < 1.29 is 8.42 Å². The van der Waals surface area contributed by atoms with E-state index in [0.717, 1.165) is 5.69 Å². The highest BCUT2D eigenvalue weighted by Crippen LogP contribution is 2.26. The van der Waals surface area contributed by atoms with E-state index in [1.165, 1.54) is 23.1 Å². The number of anilines is 2. The molecule has 0 saturated heterocycles. The monoisotopic (exact) mass is 344 g/mol. The Morgan fingerprint density at radius 2 is 1.88 bits per heavy atom. The van der Waals surface area contributed by atoms with E-state index in [2.05, 4.69) is 20.2 Å². The van der Waals surface area contributed by atoms with Crippen LogP contribution in [0.2, 0.25) is 0 Å². The zero-order valence-corrected chi connectivity index (χ0v) is 14.0. The molecule has 0 spiro atoms. The number of nitrogens with zero attached hydrogens (tertiary/aromatic N) is 5. The fourth-order valence-corrected chi connectivity index (χ4v) is 3.34. The van der Waals surface area contributed by atoms with Crippen LogP contribution >= 0.6 is 0 Å². The van der Waals surface area contributed by atoms with Gasteiger partial charge in [-0.2, -0.15) is 0 Å². The first kappa shape index (κ1) is 15.9. The summed E-state index contributed by atoms with van der Waals surface area (Å²) in [6.07, 6.45) is 1.40. The molecule has 0 aliphatic carbocycles. The second-order valence-corrected chi connectivity index (χ2v) is 6.95. The second-order valence-electron chi connectivity index (χ2n) is 5.27. The summed E-state index contributed by atoms with van der Waals surface area (Å²) in [5.41, 5.74) is 1.84. The van der Waals surface area contributed by atoms with Gasteiger partial charge in [0.05, 0.1) is 22.0 Å². The Labute approximate surface area is 139 Å². The SMILES string of the molecule is CN(C)c1ccccc1NS(=O)(=O)c1cccc(-n2cnnn2)c1. The van der Waals surface area contributed by atoms with E-state index in [1.807, 2.05) is 31.1 Å². The number of sulfonamides is 1. The van der Waals surface area contributed by atoms with E-state index in [4.69, 9.17) is 0 Å². The van der Waals surface area contributed by atoms with Crippen molar-refractivity contribution in [1.29, 1.82) is 0 Å². The maximum atomic E-state index is 12.7. The molecule has 9 heteroatoms. The second kappa shape index (κ2) is 6.28. The highest BCUT2D eigenvalue weighted by Gasteiger charge is 2.17. The molecule has 124 valence electrons. The summed E-state index contributed by atoms with van der Waals surface area (Å²) < 4.78 is 29.4. The third kappa shape index (κ3) is 3.20. The molecule has 1 N–H and O–H groups in total. The van der Waals surface area contributed by atoms with Crippen LogP contribution < -0.4 is 9.62 Å². The molecule has 0 unspecified atom stereocenters. The van der Waals surface area contributed by atoms with Crippen LogP contribution in [-0.4, -0.2) is 42.7 Å². The van der Waals surface area contributed by atoms with Gasteiger partial charge in [-0.15, -0.1) is 5.10 Å². The maximum Gasteiger partial charge on any atom is 0.262 e. The average molecular weight is 344 g/mol. The molecular weight excluding hydrogens is 328 g/mol. The van der Waals surface area contributed by atoms with Crippen LogP contribution in [0.1, 0.15) is 0 Å². The molecule has 0 radical (unpaired) electrons. The van der Waals surface area contributed by atoms with Gasteiger partial charge >= 0.3 is 0 Å². The first-order valence-electron chi connectivity index (χ1n) is 7.10. The fraction of sp³-hybridized carbons (Fsp3) is 0.133. The van der Waals surface area contributed by atoms with Gasteiger partial charge in [0.25, 0.3) is 10.0 Å². The van der Waals surface area contributed by atoms with E-state index in [-0.39, 0.29) is 4.90 Å². The van der Waals surface area contributed by atoms with Gasteiger partial charge in [-0.25, -0.2) is 13.1 Å². The summed E-state index contributed by atoms with van der Waals surface area (Å²) in [5, 5.41) is 10.9. The molecule has 1 heterocycles. The number of para-hydroxylation sites is 2. The number of benzene rings is 2. The van der Waals surface area contributed by atoms with Crippen molar-refractivity contribution >= 4 is 21.4 Å². The fourth-order valence-electron chi connectivity index (χ4n) is 2.23. The Morgan fingerprint density at radius 3 is 2.58 bits per heavy atom. The van der Waals surface area contributed by atoms with Crippen LogP contribution in [0.3, 0.4) is 0 Å². The third-order valence-corrected chi connectivity index (χ3v) is 4.73. The van der Waals surface area contributed by atoms with Gasteiger partial charge in [-0.3, -0.25) is 4.72 Å². The van der Waals surface area contributed by atoms with Crippen molar-refractivity contribution in [3.05, 3.63) is 54.9 Å². The van der Waals surface area contributed by atoms with Crippen LogP contribution in [0.25, 0.3) is 5.69 Å². The van der Waals surface area contributed by atoms with Gasteiger partial charge in [0.15, 0.2) is 0 Å². The van der Waals surface area contributed by atoms with E-state index in [1.54, 1.807) is 24.3 Å². The third-order valence-electron chi connectivity index (χ3n) is 3.37. The quantitative estimate of drug-likeness (QED) is 0.754. The average Bonchev–Trinajstić information content (AvgIpc) is 3.09. The van der Waals surface area contributed by atoms with Crippen LogP contribution in [0, 0.1) is 0 Å². The Hall–Kier alpha value is -2.94. The molecular formula is C15H16N6O2S. The molecule has 0 amide bonds. The van der Waals surface area contributed by atoms with Crippen molar-refractivity contribution in [1.82, 2.24) is 20.2 Å². The number of hydrogen-bond donors (Lipinski definition) is 1. The summed E-state index contributed by atoms with van der Waals surface area (Å²) >= 11 is 0. The lowest BCUT2D eigenvalue weighted by Crippen LogP contribution is -2.17. The largest absolute Gasteiger partial charge is 0.376 e. The summed E-state index contributed by atoms with van der Waals surface area (Å²) in [6.45, 7) is 0. The van der Waals surface area contributed by atoms with Crippen molar-refractivity contribution in [2.45, 2.75) is 4.90 Å². The molecule has 3 rings (SSSR count). The lowest BCUT2D eigenvalue weighted by atomic mass is 10.2. The van der Waals surface area contributed by atoms with E-state index >= 15 is 0 Å². The first-order chi connectivity index (χ1) is 11.5. The normalized spacial score (nSPS) is 11.2. The number of hydrogen-bond acceptors (Lipinski definition) is 6. The van der Waals surface area contributed by atoms with Crippen molar-refractivity contribution in [3.8, 4) is 5.69 Å². The van der Waals surface area contributed by atoms with E-state index in [9.17, 15) is 8.42 Å². The van der Waals surface area contributed by atoms with Crippen molar-refractivity contribution in [2.75, 3.05) is 23.7 Å². The number of tetrazole rings is 1. The van der Waals surface area contributed by atoms with Gasteiger partial charge < -0.3 is 4.90 Å². The van der Waals surface area contributed by atoms with Crippen molar-refractivity contribution in [3.63, 3.8) is 0 Å². The number of rotatable bonds is 5. The van der Waals surface area contributed by atoms with E-state index < -0.39 is 10.0 Å². The minimum Gasteiger partial charge on any atom is -0.376 e. The molecule has 8 nitrogen and oxygen atoms in total. The van der Waals surface area contributed by atoms with Gasteiger partial charge in [0.1, 0.15) is 6.33 Å². The predicted octanol–water partition coefficient (Wildman–Crippen LogP) is 1.53. The van der Waals surface area contributed by atoms with Crippen molar-refractivity contribution in [2.24, 2.45) is 0 Å². The van der Waals surface area contributed by atoms with Crippen LogP contribution in [0.4, 0.5) is 11.4 Å². The molecule has 0 atom stereocenters. The molecule has 2 aromatic carbocycles. The van der Waals surface area contributed by atoms with Gasteiger partial charge in [-0.1, -0.05) is 18.2 Å². The Morgan fingerprint density at radius 1 is 1.08 bits per heavy atom. The minimum atomic E-state index is -3.74. The van der Waals surface area contributed by atoms with Crippen LogP contribution in [0.15, 0.2) is 59.8 Å². The summed E-state index contributed by atoms with van der Waals surface area (Å²) in [7, 11) is -0.0362. The highest BCUT2D eigenvalue weighted by molar-refractivity contribution is 7.92. The van der Waals surface area contributed by atoms with Crippen LogP contribution in [-0.2, 0) is 10.0 Å². The van der Waals surface area contributed by atoms with Crippen LogP contribution in [0.5, 0.6) is 0 Å². The molecule has 0 fully saturated rings. The summed E-state index contributed by atoms with van der Waals surface area (Å²) in [6, 6.07) is 13.6. The zero-order chi connectivity index (χ0) is 17.2. The van der Waals surface area contributed by atoms with Gasteiger partial charge in [0.2, 0.25) is 0 Å². The highest BCUT2D eigenvalue weighted by atomic mass is 32.2. The summed E-state index contributed by atoms with van der Waals surface area (Å²) in [4.78, 5) is 1.97. The molecule has 3 aromatic rings. The van der Waals surface area contributed by atoms with Gasteiger partial charge in [-0.05, 0) is 40.8 Å². The summed E-state index contributed by atoms with van der Waals surface area (Å²) in [5.74, 6) is 0. The molecule has 0 bridgehead atoms.